The normalized spacial score (nSPS) is 17.4. The van der Waals surface area contributed by atoms with Crippen molar-refractivity contribution in [1.29, 1.82) is 0 Å². The van der Waals surface area contributed by atoms with Gasteiger partial charge in [0.1, 0.15) is 36.4 Å². The molecule has 2 unspecified atom stereocenters. The molecular weight excluding hydrogens is 1030 g/mol. The van der Waals surface area contributed by atoms with Crippen LogP contribution in [0.1, 0.15) is 79.5 Å². The highest BCUT2D eigenvalue weighted by Crippen LogP contribution is 2.46. The van der Waals surface area contributed by atoms with Crippen LogP contribution in [0.15, 0.2) is 73.3 Å². The Morgan fingerprint density at radius 2 is 1.09 bits per heavy atom. The number of hydrogen-bond donors (Lipinski definition) is 3. The molecule has 2 amide bonds. The summed E-state index contributed by atoms with van der Waals surface area (Å²) in [6.45, 7) is 17.7. The lowest BCUT2D eigenvalue weighted by Gasteiger charge is -2.41. The molecule has 0 saturated heterocycles. The minimum absolute atomic E-state index is 0.0211. The number of hydrogen-bond acceptors (Lipinski definition) is 14. The van der Waals surface area contributed by atoms with Gasteiger partial charge in [0.15, 0.2) is 20.0 Å². The van der Waals surface area contributed by atoms with E-state index in [4.69, 9.17) is 13.9 Å². The Labute approximate surface area is 457 Å². The molecule has 0 spiro atoms. The zero-order valence-electron chi connectivity index (χ0n) is 45.9. The number of ether oxygens (including phenoxy) is 2. The molecule has 4 aliphatic heterocycles. The summed E-state index contributed by atoms with van der Waals surface area (Å²) in [7, 11) is 1.52. The lowest BCUT2D eigenvalue weighted by atomic mass is 9.93. The van der Waals surface area contributed by atoms with Crippen molar-refractivity contribution in [2.45, 2.75) is 104 Å². The summed E-state index contributed by atoms with van der Waals surface area (Å²) >= 11 is 0. The fraction of sp³-hybridized carbons (Fsp3) is 0.379. The number of anilines is 4. The predicted octanol–water partition coefficient (Wildman–Crippen LogP) is 10.1. The van der Waals surface area contributed by atoms with Gasteiger partial charge in [0, 0.05) is 145 Å². The Morgan fingerprint density at radius 3 is 1.58 bits per heavy atom. The van der Waals surface area contributed by atoms with E-state index in [0.717, 1.165) is 58.1 Å². The number of nitrogens with zero attached hydrogens (tertiary/aromatic N) is 10. The van der Waals surface area contributed by atoms with Gasteiger partial charge in [-0.3, -0.25) is 19.0 Å². The zero-order chi connectivity index (χ0) is 55.7. The topological polar surface area (TPSA) is 200 Å². The Kier molecular flexibility index (Phi) is 13.9. The third-order valence-electron chi connectivity index (χ3n) is 16.1. The standard InChI is InChI=1S/C32H39FN6O3Si.C26H25FN6O3/c1-19-24(17-35-31-30(19)26(9-11-41-31)42-43(6,7)32(2,3)4)23-12-20-14-27(34-16-21(20)13-25(23)33)36-28-15-22-8-10-38(5)29(40)18-39(22)37-28;1-14-19(12-29-26-25(14)21(34)4-6-36-26)18-7-15-9-22(28-11-16(15)8-20(18)27)30-23-10-17-3-5-32(2)24(35)13-33(17)31-23/h12-17,26H,8-11,18H2,1-7H3,(H,34,36,37);7-12,21,34H,3-6,13H2,1-2H3,(H,28,30,31). The molecule has 0 saturated carbocycles. The van der Waals surface area contributed by atoms with Gasteiger partial charge >= 0.3 is 0 Å². The van der Waals surface area contributed by atoms with Crippen LogP contribution in [0.25, 0.3) is 43.8 Å². The first-order valence-corrected chi connectivity index (χ1v) is 29.5. The van der Waals surface area contributed by atoms with Gasteiger partial charge in [-0.1, -0.05) is 20.8 Å². The molecule has 12 rings (SSSR count). The first kappa shape index (κ1) is 53.1. The van der Waals surface area contributed by atoms with E-state index in [9.17, 15) is 14.7 Å². The highest BCUT2D eigenvalue weighted by atomic mass is 28.4. The van der Waals surface area contributed by atoms with Gasteiger partial charge in [-0.25, -0.2) is 28.7 Å². The van der Waals surface area contributed by atoms with Crippen molar-refractivity contribution < 1.29 is 37.4 Å². The number of rotatable bonds is 8. The number of benzene rings is 2. The summed E-state index contributed by atoms with van der Waals surface area (Å²) in [5, 5.41) is 29.1. The molecule has 0 radical (unpaired) electrons. The predicted molar refractivity (Wildman–Crippen MR) is 299 cm³/mol. The second-order valence-electron chi connectivity index (χ2n) is 22.4. The maximum Gasteiger partial charge on any atom is 0.244 e. The van der Waals surface area contributed by atoms with Crippen molar-refractivity contribution in [2.24, 2.45) is 0 Å². The average molecular weight is 1090 g/mol. The largest absolute Gasteiger partial charge is 0.477 e. The van der Waals surface area contributed by atoms with Crippen LogP contribution in [0.5, 0.6) is 11.8 Å². The molecule has 0 aliphatic carbocycles. The Hall–Kier alpha value is -7.88. The quantitative estimate of drug-likeness (QED) is 0.121. The smallest absolute Gasteiger partial charge is 0.244 e. The molecule has 8 aromatic rings. The number of halogens is 2. The van der Waals surface area contributed by atoms with Crippen LogP contribution in [0.4, 0.5) is 32.1 Å². The lowest BCUT2D eigenvalue weighted by molar-refractivity contribution is -0.131. The molecule has 410 valence electrons. The fourth-order valence-corrected chi connectivity index (χ4v) is 11.7. The van der Waals surface area contributed by atoms with E-state index in [2.05, 4.69) is 74.6 Å². The Morgan fingerprint density at radius 1 is 0.620 bits per heavy atom. The number of pyridine rings is 4. The number of aliphatic hydroxyl groups is 1. The zero-order valence-corrected chi connectivity index (χ0v) is 46.9. The third kappa shape index (κ3) is 10.5. The summed E-state index contributed by atoms with van der Waals surface area (Å²) in [6, 6.07) is 14.2. The van der Waals surface area contributed by atoms with E-state index in [-0.39, 0.29) is 41.9 Å². The van der Waals surface area contributed by atoms with E-state index in [0.29, 0.717) is 106 Å². The maximum atomic E-state index is 15.6. The van der Waals surface area contributed by atoms with Crippen LogP contribution in [0.2, 0.25) is 18.1 Å². The van der Waals surface area contributed by atoms with Crippen molar-refractivity contribution in [3.8, 4) is 34.0 Å². The fourth-order valence-electron chi connectivity index (χ4n) is 10.4. The number of aliphatic hydroxyl groups excluding tert-OH is 1. The molecule has 0 bridgehead atoms. The van der Waals surface area contributed by atoms with E-state index in [1.165, 1.54) is 12.1 Å². The first-order chi connectivity index (χ1) is 37.7. The van der Waals surface area contributed by atoms with Gasteiger partial charge < -0.3 is 39.4 Å². The van der Waals surface area contributed by atoms with Crippen molar-refractivity contribution in [2.75, 3.05) is 51.0 Å². The molecule has 2 aromatic carbocycles. The number of aromatic nitrogens is 8. The number of carbonyl (C=O) groups is 2. The summed E-state index contributed by atoms with van der Waals surface area (Å²) in [5.74, 6) is 2.64. The van der Waals surface area contributed by atoms with E-state index in [1.54, 1.807) is 64.1 Å². The number of carbonyl (C=O) groups excluding carboxylic acids is 2. The van der Waals surface area contributed by atoms with E-state index in [1.807, 2.05) is 44.2 Å². The highest BCUT2D eigenvalue weighted by molar-refractivity contribution is 6.74. The van der Waals surface area contributed by atoms with Gasteiger partial charge in [0.05, 0.1) is 25.4 Å². The summed E-state index contributed by atoms with van der Waals surface area (Å²) in [5.41, 5.74) is 7.32. The van der Waals surface area contributed by atoms with Crippen molar-refractivity contribution >= 4 is 64.9 Å². The average Bonchev–Trinajstić information content (AvgIpc) is 4.02. The first-order valence-electron chi connectivity index (χ1n) is 26.6. The molecule has 3 N–H and O–H groups in total. The molecule has 4 aliphatic rings. The van der Waals surface area contributed by atoms with E-state index < -0.39 is 20.2 Å². The Balaban J connectivity index is 0.000000170. The molecular formula is C58H64F2N12O6Si. The number of nitrogens with one attached hydrogen (secondary N) is 2. The van der Waals surface area contributed by atoms with Crippen molar-refractivity contribution in [1.82, 2.24) is 49.3 Å². The summed E-state index contributed by atoms with van der Waals surface area (Å²) in [6.07, 6.45) is 8.37. The molecule has 79 heavy (non-hydrogen) atoms. The van der Waals surface area contributed by atoms with Crippen LogP contribution in [-0.2, 0) is 39.9 Å². The van der Waals surface area contributed by atoms with Gasteiger partial charge in [-0.15, -0.1) is 0 Å². The highest BCUT2D eigenvalue weighted by Gasteiger charge is 2.41. The van der Waals surface area contributed by atoms with Crippen LogP contribution in [0, 0.1) is 25.5 Å². The van der Waals surface area contributed by atoms with Gasteiger partial charge in [-0.05, 0) is 90.3 Å². The molecule has 2 atom stereocenters. The molecule has 18 nitrogen and oxygen atoms in total. The van der Waals surface area contributed by atoms with Crippen LogP contribution in [0.3, 0.4) is 0 Å². The lowest BCUT2D eigenvalue weighted by Crippen LogP contribution is -2.42. The van der Waals surface area contributed by atoms with Crippen molar-refractivity contribution in [3.05, 3.63) is 119 Å². The number of amides is 2. The third-order valence-corrected chi connectivity index (χ3v) is 20.6. The van der Waals surface area contributed by atoms with Crippen LogP contribution < -0.4 is 20.1 Å². The minimum Gasteiger partial charge on any atom is -0.477 e. The molecule has 21 heteroatoms. The monoisotopic (exact) mass is 1090 g/mol. The minimum atomic E-state index is -2.08. The van der Waals surface area contributed by atoms with Crippen LogP contribution in [-0.4, -0.2) is 115 Å². The van der Waals surface area contributed by atoms with Crippen LogP contribution >= 0.6 is 0 Å². The van der Waals surface area contributed by atoms with Crippen molar-refractivity contribution in [3.63, 3.8) is 0 Å². The SMILES string of the molecule is Cc1c(-c2cc3cc(Nc4cc5n(n4)CC(=O)N(C)CC5)ncc3cc2F)cnc2c1C(O)CCO2.Cc1c(-c2cc3cc(Nc4cc5n(n4)CC(=O)N(C)CC5)ncc3cc2F)cnc2c1C(O[Si](C)(C)C(C)(C)C)CCO2. The second-order valence-corrected chi connectivity index (χ2v) is 27.2. The van der Waals surface area contributed by atoms with Gasteiger partial charge in [0.25, 0.3) is 0 Å². The summed E-state index contributed by atoms with van der Waals surface area (Å²) in [4.78, 5) is 45.7. The van der Waals surface area contributed by atoms with Gasteiger partial charge in [0.2, 0.25) is 23.6 Å². The van der Waals surface area contributed by atoms with Gasteiger partial charge in [-0.2, -0.15) is 10.2 Å². The molecule has 6 aromatic heterocycles. The number of likely N-dealkylation sites (N-methyl/N-ethyl adjacent to an activating group) is 2. The van der Waals surface area contributed by atoms with E-state index >= 15 is 8.78 Å². The molecule has 10 heterocycles. The maximum absolute atomic E-state index is 15.6. The Bertz CT molecular complexity index is 3730. The second kappa shape index (κ2) is 20.7. The number of fused-ring (bicyclic) bond motifs is 6. The molecule has 0 fully saturated rings. The summed E-state index contributed by atoms with van der Waals surface area (Å²) < 4.78 is 52.6.